The predicted molar refractivity (Wildman–Crippen MR) is 204 cm³/mol. The van der Waals surface area contributed by atoms with Crippen LogP contribution in [0.4, 0.5) is 20.7 Å². The number of hydrogen-bond acceptors (Lipinski definition) is 9. The fraction of sp³-hybridized carbons (Fsp3) is 0.514. The molecule has 2 aliphatic heterocycles. The van der Waals surface area contributed by atoms with E-state index in [9.17, 15) is 18.8 Å². The van der Waals surface area contributed by atoms with E-state index in [1.54, 1.807) is 19.2 Å². The van der Waals surface area contributed by atoms with Crippen molar-refractivity contribution in [3.63, 3.8) is 0 Å². The minimum Gasteiger partial charge on any atom is -0.493 e. The molecule has 3 aliphatic rings. The number of rotatable bonds is 21. The molecule has 1 aliphatic carbocycles. The van der Waals surface area contributed by atoms with E-state index in [0.717, 1.165) is 73.1 Å². The molecule has 1 aromatic heterocycles. The van der Waals surface area contributed by atoms with Crippen LogP contribution in [0.3, 0.4) is 0 Å². The third kappa shape index (κ3) is 10.1. The van der Waals surface area contributed by atoms with Gasteiger partial charge in [-0.1, -0.05) is 25.3 Å². The molecule has 2 aromatic carbocycles. The van der Waals surface area contributed by atoms with E-state index < -0.39 is 0 Å². The highest BCUT2D eigenvalue weighted by Crippen LogP contribution is 2.44. The Kier molecular flexibility index (Phi) is 13.5. The van der Waals surface area contributed by atoms with Gasteiger partial charge in [0.05, 0.1) is 37.2 Å². The highest BCUT2D eigenvalue weighted by Gasteiger charge is 2.42. The number of halogens is 1. The number of aromatic nitrogens is 2. The Balaban J connectivity index is 0.775. The zero-order valence-corrected chi connectivity index (χ0v) is 31.1. The molecule has 12 nitrogen and oxygen atoms in total. The Bertz CT molecular complexity index is 1710. The van der Waals surface area contributed by atoms with Crippen molar-refractivity contribution in [2.24, 2.45) is 0 Å². The largest absolute Gasteiger partial charge is 0.493 e. The van der Waals surface area contributed by atoms with Gasteiger partial charge in [0.2, 0.25) is 11.8 Å². The van der Waals surface area contributed by atoms with Crippen molar-refractivity contribution in [2.75, 3.05) is 49.4 Å². The standard InChI is InChI=1S/C37H48FN7O5S2/c1-49-29-20-26-23(17-27-34(26)44-45-36(27)41-25-10-8-9-24(38)19-25)18-30(29)50-15-16-51-22-33(47)40-14-7-3-2-6-13-39-32(46)12-5-4-11-31-35-28(21-52-31)42-37(48)43-35/h8-10,18-20,28,31,35H,2-7,11-17,21-22H2,1H3,(H,39,46)(H,40,47)(H2,41,44,45)(H2,42,43,48). The van der Waals surface area contributed by atoms with Crippen LogP contribution in [0.25, 0.3) is 11.3 Å². The molecule has 4 amide bonds. The van der Waals surface area contributed by atoms with Crippen LogP contribution in [0.1, 0.15) is 62.5 Å². The predicted octanol–water partition coefficient (Wildman–Crippen LogP) is 5.50. The van der Waals surface area contributed by atoms with Gasteiger partial charge in [-0.25, -0.2) is 9.18 Å². The summed E-state index contributed by atoms with van der Waals surface area (Å²) in [4.78, 5) is 36.0. The molecule has 6 N–H and O–H groups in total. The summed E-state index contributed by atoms with van der Waals surface area (Å²) < 4.78 is 25.4. The summed E-state index contributed by atoms with van der Waals surface area (Å²) in [5, 5.41) is 23.1. The molecule has 2 fully saturated rings. The smallest absolute Gasteiger partial charge is 0.315 e. The summed E-state index contributed by atoms with van der Waals surface area (Å²) >= 11 is 3.43. The van der Waals surface area contributed by atoms with Crippen LogP contribution in [0.2, 0.25) is 0 Å². The lowest BCUT2D eigenvalue weighted by molar-refractivity contribution is -0.121. The van der Waals surface area contributed by atoms with Crippen molar-refractivity contribution in [3.05, 3.63) is 53.3 Å². The number of aromatic amines is 1. The van der Waals surface area contributed by atoms with Crippen molar-refractivity contribution < 1.29 is 28.2 Å². The van der Waals surface area contributed by atoms with Gasteiger partial charge < -0.3 is 36.1 Å². The summed E-state index contributed by atoms with van der Waals surface area (Å²) in [5.74, 6) is 3.72. The molecular weight excluding hydrogens is 706 g/mol. The van der Waals surface area contributed by atoms with Crippen molar-refractivity contribution >= 4 is 52.9 Å². The van der Waals surface area contributed by atoms with Crippen LogP contribution >= 0.6 is 23.5 Å². The third-order valence-electron chi connectivity index (χ3n) is 9.53. The van der Waals surface area contributed by atoms with Crippen LogP contribution in [0.15, 0.2) is 36.4 Å². The van der Waals surface area contributed by atoms with E-state index in [0.29, 0.717) is 72.3 Å². The molecule has 3 unspecified atom stereocenters. The molecule has 280 valence electrons. The number of urea groups is 1. The Morgan fingerprint density at radius 2 is 1.85 bits per heavy atom. The van der Waals surface area contributed by atoms with Gasteiger partial charge in [-0.05, 0) is 61.6 Å². The minimum atomic E-state index is -0.315. The lowest BCUT2D eigenvalue weighted by atomic mass is 10.0. The normalized spacial score (nSPS) is 18.2. The SMILES string of the molecule is COc1cc2c(cc1OCCSCC(=O)NCCCCCCNC(=O)CCCCC1SCC3NC(=O)NC31)Cc1c(Nc3cccc(F)c3)n[nH]c1-2. The molecule has 2 saturated heterocycles. The van der Waals surface area contributed by atoms with Gasteiger partial charge in [0.1, 0.15) is 5.82 Å². The number of amides is 4. The topological polar surface area (TPSA) is 158 Å². The molecule has 6 rings (SSSR count). The summed E-state index contributed by atoms with van der Waals surface area (Å²) in [5.41, 5.74) is 4.60. The van der Waals surface area contributed by atoms with Gasteiger partial charge >= 0.3 is 6.03 Å². The number of H-pyrrole nitrogens is 1. The number of methoxy groups -OCH3 is 1. The second kappa shape index (κ2) is 18.6. The molecular formula is C37H48FN7O5S2. The van der Waals surface area contributed by atoms with Gasteiger partial charge in [0.25, 0.3) is 0 Å². The van der Waals surface area contributed by atoms with Crippen LogP contribution < -0.4 is 36.1 Å². The van der Waals surface area contributed by atoms with Crippen LogP contribution in [0, 0.1) is 5.82 Å². The summed E-state index contributed by atoms with van der Waals surface area (Å²) in [6.07, 6.45) is 7.91. The van der Waals surface area contributed by atoms with E-state index in [1.807, 2.05) is 23.9 Å². The van der Waals surface area contributed by atoms with Crippen molar-refractivity contribution in [1.29, 1.82) is 0 Å². The first-order valence-electron chi connectivity index (χ1n) is 18.1. The highest BCUT2D eigenvalue weighted by atomic mass is 32.2. The number of fused-ring (bicyclic) bond motifs is 4. The Morgan fingerprint density at radius 1 is 1.02 bits per heavy atom. The summed E-state index contributed by atoms with van der Waals surface area (Å²) in [6.45, 7) is 1.76. The van der Waals surface area contributed by atoms with Gasteiger partial charge in [0.15, 0.2) is 17.3 Å². The molecule has 0 spiro atoms. The number of anilines is 2. The zero-order valence-electron chi connectivity index (χ0n) is 29.5. The molecule has 3 heterocycles. The maximum atomic E-state index is 13.7. The number of thioether (sulfide) groups is 2. The molecule has 3 aromatic rings. The number of unbranched alkanes of at least 4 members (excludes halogenated alkanes) is 4. The number of carbonyl (C=O) groups is 3. The number of hydrogen-bond donors (Lipinski definition) is 6. The van der Waals surface area contributed by atoms with E-state index in [4.69, 9.17) is 9.47 Å². The van der Waals surface area contributed by atoms with Crippen LogP contribution in [-0.4, -0.2) is 89.4 Å². The molecule has 0 bridgehead atoms. The Hall–Kier alpha value is -4.11. The maximum absolute atomic E-state index is 13.7. The van der Waals surface area contributed by atoms with E-state index >= 15 is 0 Å². The maximum Gasteiger partial charge on any atom is 0.315 e. The summed E-state index contributed by atoms with van der Waals surface area (Å²) in [7, 11) is 1.61. The van der Waals surface area contributed by atoms with Gasteiger partial charge in [-0.3, -0.25) is 14.7 Å². The second-order valence-corrected chi connectivity index (χ2v) is 15.7. The zero-order chi connectivity index (χ0) is 36.3. The molecule has 52 heavy (non-hydrogen) atoms. The average Bonchev–Trinajstić information content (AvgIpc) is 3.89. The Labute approximate surface area is 312 Å². The fourth-order valence-corrected chi connectivity index (χ4v) is 9.03. The number of nitrogens with one attached hydrogen (secondary N) is 6. The van der Waals surface area contributed by atoms with E-state index in [1.165, 1.54) is 23.9 Å². The Morgan fingerprint density at radius 3 is 2.65 bits per heavy atom. The van der Waals surface area contributed by atoms with Crippen molar-refractivity contribution in [2.45, 2.75) is 75.1 Å². The van der Waals surface area contributed by atoms with Gasteiger partial charge in [0, 0.05) is 59.5 Å². The molecule has 15 heteroatoms. The molecule has 3 atom stereocenters. The highest BCUT2D eigenvalue weighted by molar-refractivity contribution is 8.00. The van der Waals surface area contributed by atoms with Crippen molar-refractivity contribution in [3.8, 4) is 22.8 Å². The number of ether oxygens (including phenoxy) is 2. The minimum absolute atomic E-state index is 0.0146. The number of carbonyl (C=O) groups excluding carboxylic acids is 3. The van der Waals surface area contributed by atoms with Crippen LogP contribution in [-0.2, 0) is 16.0 Å². The lowest BCUT2D eigenvalue weighted by Crippen LogP contribution is -2.36. The second-order valence-electron chi connectivity index (χ2n) is 13.3. The monoisotopic (exact) mass is 753 g/mol. The van der Waals surface area contributed by atoms with E-state index in [2.05, 4.69) is 36.8 Å². The van der Waals surface area contributed by atoms with Gasteiger partial charge in [-0.15, -0.1) is 11.8 Å². The first-order chi connectivity index (χ1) is 25.4. The fourth-order valence-electron chi connectivity index (χ4n) is 6.86. The number of nitrogens with zero attached hydrogens (tertiary/aromatic N) is 1. The average molecular weight is 754 g/mol. The van der Waals surface area contributed by atoms with Gasteiger partial charge in [-0.2, -0.15) is 16.9 Å². The molecule has 0 saturated carbocycles. The first kappa shape index (κ1) is 37.6. The first-order valence-corrected chi connectivity index (χ1v) is 20.3. The van der Waals surface area contributed by atoms with Crippen molar-refractivity contribution in [1.82, 2.24) is 31.5 Å². The number of benzene rings is 2. The quantitative estimate of drug-likeness (QED) is 0.0478. The lowest BCUT2D eigenvalue weighted by Gasteiger charge is -2.16. The molecule has 0 radical (unpaired) electrons. The third-order valence-corrected chi connectivity index (χ3v) is 12.0. The van der Waals surface area contributed by atoms with E-state index in [-0.39, 0.29) is 35.7 Å². The summed E-state index contributed by atoms with van der Waals surface area (Å²) in [6, 6.07) is 10.6. The van der Waals surface area contributed by atoms with Crippen LogP contribution in [0.5, 0.6) is 11.5 Å².